The third-order valence-electron chi connectivity index (χ3n) is 3.20. The Morgan fingerprint density at radius 1 is 1.24 bits per heavy atom. The molecule has 0 atom stereocenters. The summed E-state index contributed by atoms with van der Waals surface area (Å²) in [5.41, 5.74) is 2.30. The molecule has 2 rings (SSSR count). The van der Waals surface area contributed by atoms with Crippen LogP contribution in [-0.2, 0) is 13.0 Å². The normalized spacial score (nSPS) is 10.4. The van der Waals surface area contributed by atoms with Crippen molar-refractivity contribution in [2.24, 2.45) is 0 Å². The molecule has 0 aliphatic rings. The van der Waals surface area contributed by atoms with Crippen LogP contribution in [0.25, 0.3) is 0 Å². The summed E-state index contributed by atoms with van der Waals surface area (Å²) in [5.74, 6) is -1.20. The summed E-state index contributed by atoms with van der Waals surface area (Å²) < 4.78 is 4.91. The van der Waals surface area contributed by atoms with Gasteiger partial charge >= 0.3 is 5.97 Å². The minimum atomic E-state index is -1.01. The van der Waals surface area contributed by atoms with Crippen LogP contribution in [0.5, 0.6) is 0 Å². The van der Waals surface area contributed by atoms with E-state index in [1.54, 1.807) is 11.9 Å². The lowest BCUT2D eigenvalue weighted by atomic mass is 10.1. The van der Waals surface area contributed by atoms with Crippen molar-refractivity contribution in [2.75, 3.05) is 7.05 Å². The number of amides is 1. The fourth-order valence-corrected chi connectivity index (χ4v) is 2.00. The first-order valence-electron chi connectivity index (χ1n) is 6.54. The Labute approximate surface area is 122 Å². The zero-order chi connectivity index (χ0) is 15.4. The highest BCUT2D eigenvalue weighted by molar-refractivity contribution is 5.95. The molecule has 0 saturated heterocycles. The second kappa shape index (κ2) is 6.21. The third-order valence-corrected chi connectivity index (χ3v) is 3.20. The van der Waals surface area contributed by atoms with Gasteiger partial charge < -0.3 is 14.5 Å². The number of hydrogen-bond acceptors (Lipinski definition) is 4. The van der Waals surface area contributed by atoms with Crippen molar-refractivity contribution >= 4 is 11.9 Å². The second-order valence-corrected chi connectivity index (χ2v) is 4.68. The minimum Gasteiger partial charge on any atom is -0.478 e. The minimum absolute atomic E-state index is 0.154. The van der Waals surface area contributed by atoms with E-state index >= 15 is 0 Å². The third kappa shape index (κ3) is 3.28. The molecule has 110 valence electrons. The highest BCUT2D eigenvalue weighted by Crippen LogP contribution is 2.13. The van der Waals surface area contributed by atoms with Crippen LogP contribution in [0.4, 0.5) is 0 Å². The Morgan fingerprint density at radius 2 is 1.86 bits per heavy atom. The van der Waals surface area contributed by atoms with Crippen LogP contribution >= 0.6 is 0 Å². The van der Waals surface area contributed by atoms with E-state index in [1.165, 1.54) is 30.5 Å². The molecule has 21 heavy (non-hydrogen) atoms. The van der Waals surface area contributed by atoms with E-state index in [0.29, 0.717) is 12.1 Å². The van der Waals surface area contributed by atoms with Crippen molar-refractivity contribution in [1.82, 2.24) is 10.1 Å². The van der Waals surface area contributed by atoms with E-state index < -0.39 is 5.97 Å². The Balaban J connectivity index is 2.10. The van der Waals surface area contributed by atoms with Crippen LogP contribution in [0.3, 0.4) is 0 Å². The largest absolute Gasteiger partial charge is 0.478 e. The van der Waals surface area contributed by atoms with E-state index in [4.69, 9.17) is 9.63 Å². The smallest absolute Gasteiger partial charge is 0.335 e. The number of carboxylic acid groups (broad SMARTS) is 1. The highest BCUT2D eigenvalue weighted by atomic mass is 16.5. The lowest BCUT2D eigenvalue weighted by Crippen LogP contribution is -2.26. The molecule has 0 bridgehead atoms. The standard InChI is InChI=1S/C15H16N2O4/c1-3-13-12(9-21-16-13)8-17(2)14(18)10-4-6-11(7-5-10)15(19)20/h4-7,9H,3,8H2,1-2H3,(H,19,20). The molecule has 6 heteroatoms. The summed E-state index contributed by atoms with van der Waals surface area (Å²) in [6, 6.07) is 5.86. The molecule has 0 spiro atoms. The molecule has 0 aliphatic heterocycles. The van der Waals surface area contributed by atoms with Crippen LogP contribution in [0, 0.1) is 0 Å². The molecular formula is C15H16N2O4. The van der Waals surface area contributed by atoms with Crippen LogP contribution in [0.1, 0.15) is 38.9 Å². The lowest BCUT2D eigenvalue weighted by molar-refractivity contribution is 0.0695. The fourth-order valence-electron chi connectivity index (χ4n) is 2.00. The Hall–Kier alpha value is -2.63. The maximum absolute atomic E-state index is 12.3. The number of carbonyl (C=O) groups is 2. The maximum atomic E-state index is 12.3. The Morgan fingerprint density at radius 3 is 2.43 bits per heavy atom. The van der Waals surface area contributed by atoms with Gasteiger partial charge in [0.1, 0.15) is 6.26 Å². The number of carboxylic acids is 1. The quantitative estimate of drug-likeness (QED) is 0.911. The number of aromatic nitrogens is 1. The van der Waals surface area contributed by atoms with Crippen molar-refractivity contribution in [2.45, 2.75) is 19.9 Å². The number of carbonyl (C=O) groups excluding carboxylic acids is 1. The second-order valence-electron chi connectivity index (χ2n) is 4.68. The van der Waals surface area contributed by atoms with Gasteiger partial charge in [0.2, 0.25) is 0 Å². The monoisotopic (exact) mass is 288 g/mol. The van der Waals surface area contributed by atoms with Crippen molar-refractivity contribution in [3.8, 4) is 0 Å². The van der Waals surface area contributed by atoms with Crippen LogP contribution in [-0.4, -0.2) is 34.1 Å². The first-order chi connectivity index (χ1) is 10.0. The summed E-state index contributed by atoms with van der Waals surface area (Å²) >= 11 is 0. The predicted molar refractivity (Wildman–Crippen MR) is 75.1 cm³/mol. The SMILES string of the molecule is CCc1nocc1CN(C)C(=O)c1ccc(C(=O)O)cc1. The van der Waals surface area contributed by atoms with Gasteiger partial charge in [-0.1, -0.05) is 12.1 Å². The van der Waals surface area contributed by atoms with E-state index in [1.807, 2.05) is 6.92 Å². The van der Waals surface area contributed by atoms with Gasteiger partial charge in [-0.3, -0.25) is 4.79 Å². The molecule has 2 aromatic rings. The summed E-state index contributed by atoms with van der Waals surface area (Å²) in [6.07, 6.45) is 2.28. The van der Waals surface area contributed by atoms with E-state index in [2.05, 4.69) is 5.16 Å². The first kappa shape index (κ1) is 14.8. The van der Waals surface area contributed by atoms with Gasteiger partial charge in [0.25, 0.3) is 5.91 Å². The van der Waals surface area contributed by atoms with Crippen molar-refractivity contribution in [3.63, 3.8) is 0 Å². The van der Waals surface area contributed by atoms with Crippen LogP contribution in [0.2, 0.25) is 0 Å². The van der Waals surface area contributed by atoms with Crippen LogP contribution in [0.15, 0.2) is 35.1 Å². The molecule has 0 aliphatic carbocycles. The molecule has 0 unspecified atom stereocenters. The van der Waals surface area contributed by atoms with Gasteiger partial charge in [-0.05, 0) is 30.7 Å². The molecular weight excluding hydrogens is 272 g/mol. The zero-order valence-electron chi connectivity index (χ0n) is 11.9. The van der Waals surface area contributed by atoms with Crippen molar-refractivity contribution in [1.29, 1.82) is 0 Å². The molecule has 0 saturated carbocycles. The number of nitrogens with zero attached hydrogens (tertiary/aromatic N) is 2. The summed E-state index contributed by atoms with van der Waals surface area (Å²) in [7, 11) is 1.68. The topological polar surface area (TPSA) is 83.6 Å². The van der Waals surface area contributed by atoms with Crippen molar-refractivity contribution < 1.29 is 19.2 Å². The molecule has 1 heterocycles. The number of rotatable bonds is 5. The first-order valence-corrected chi connectivity index (χ1v) is 6.54. The van der Waals surface area contributed by atoms with Gasteiger partial charge in [0.15, 0.2) is 0 Å². The average Bonchev–Trinajstić information content (AvgIpc) is 2.93. The van der Waals surface area contributed by atoms with Gasteiger partial charge in [-0.2, -0.15) is 0 Å². The molecule has 0 radical (unpaired) electrons. The molecule has 1 N–H and O–H groups in total. The molecule has 6 nitrogen and oxygen atoms in total. The molecule has 1 aromatic carbocycles. The number of hydrogen-bond donors (Lipinski definition) is 1. The number of aryl methyl sites for hydroxylation is 1. The predicted octanol–water partition coefficient (Wildman–Crippen LogP) is 2.21. The molecule has 1 amide bonds. The lowest BCUT2D eigenvalue weighted by Gasteiger charge is -2.16. The van der Waals surface area contributed by atoms with E-state index in [-0.39, 0.29) is 11.5 Å². The van der Waals surface area contributed by atoms with E-state index in [0.717, 1.165) is 17.7 Å². The zero-order valence-corrected chi connectivity index (χ0v) is 11.9. The van der Waals surface area contributed by atoms with E-state index in [9.17, 15) is 9.59 Å². The summed E-state index contributed by atoms with van der Waals surface area (Å²) in [4.78, 5) is 24.6. The molecule has 1 aromatic heterocycles. The average molecular weight is 288 g/mol. The highest BCUT2D eigenvalue weighted by Gasteiger charge is 2.15. The maximum Gasteiger partial charge on any atom is 0.335 e. The Kier molecular flexibility index (Phi) is 4.37. The number of aromatic carboxylic acids is 1. The van der Waals surface area contributed by atoms with Crippen molar-refractivity contribution in [3.05, 3.63) is 52.9 Å². The van der Waals surface area contributed by atoms with Gasteiger partial charge in [0.05, 0.1) is 17.8 Å². The Bertz CT molecular complexity index is 646. The van der Waals surface area contributed by atoms with Gasteiger partial charge in [0, 0.05) is 18.2 Å². The van der Waals surface area contributed by atoms with Gasteiger partial charge in [-0.25, -0.2) is 4.79 Å². The summed E-state index contributed by atoms with van der Waals surface area (Å²) in [6.45, 7) is 2.36. The molecule has 0 fully saturated rings. The van der Waals surface area contributed by atoms with Gasteiger partial charge in [-0.15, -0.1) is 0 Å². The summed E-state index contributed by atoms with van der Waals surface area (Å²) in [5, 5.41) is 12.7. The number of benzene rings is 1. The van der Waals surface area contributed by atoms with Crippen LogP contribution < -0.4 is 0 Å². The fraction of sp³-hybridized carbons (Fsp3) is 0.267.